The molecule has 1 amide bonds. The van der Waals surface area contributed by atoms with Gasteiger partial charge in [-0.3, -0.25) is 14.7 Å². The zero-order chi connectivity index (χ0) is 28.3. The SMILES string of the molecule is CC(C)(C)OC(=O)[C@@H](C[C@@H]1C(=O)O[C@@H](C(C)(C)C)N1C(=O)c1ccccc1)N=C1CC2CCC1(C)C2(C)C. The van der Waals surface area contributed by atoms with Crippen LogP contribution in [0.25, 0.3) is 0 Å². The van der Waals surface area contributed by atoms with Crippen LogP contribution in [0.1, 0.15) is 98.4 Å². The first-order valence-electron chi connectivity index (χ1n) is 13.8. The second-order valence-corrected chi connectivity index (χ2v) is 14.1. The van der Waals surface area contributed by atoms with Gasteiger partial charge in [-0.05, 0) is 63.5 Å². The van der Waals surface area contributed by atoms with E-state index in [1.807, 2.05) is 47.6 Å². The van der Waals surface area contributed by atoms with Crippen molar-refractivity contribution in [2.45, 2.75) is 112 Å². The summed E-state index contributed by atoms with van der Waals surface area (Å²) in [7, 11) is 0. The number of hydrogen-bond donors (Lipinski definition) is 0. The topological polar surface area (TPSA) is 85.3 Å². The number of amides is 1. The van der Waals surface area contributed by atoms with Gasteiger partial charge in [-0.15, -0.1) is 0 Å². The molecule has 2 unspecified atom stereocenters. The van der Waals surface area contributed by atoms with Crippen molar-refractivity contribution in [2.24, 2.45) is 27.2 Å². The van der Waals surface area contributed by atoms with Gasteiger partial charge in [0.1, 0.15) is 17.7 Å². The normalized spacial score (nSPS) is 30.4. The first-order chi connectivity index (χ1) is 17.5. The first-order valence-corrected chi connectivity index (χ1v) is 13.8. The molecule has 38 heavy (non-hydrogen) atoms. The Morgan fingerprint density at radius 3 is 2.24 bits per heavy atom. The summed E-state index contributed by atoms with van der Waals surface area (Å²) in [6.07, 6.45) is 2.28. The Bertz CT molecular complexity index is 1130. The predicted octanol–water partition coefficient (Wildman–Crippen LogP) is 5.81. The van der Waals surface area contributed by atoms with E-state index in [0.29, 0.717) is 11.5 Å². The van der Waals surface area contributed by atoms with Crippen LogP contribution in [-0.2, 0) is 19.1 Å². The number of hydrogen-bond acceptors (Lipinski definition) is 6. The average molecular weight is 525 g/mol. The number of benzene rings is 1. The Morgan fingerprint density at radius 1 is 1.11 bits per heavy atom. The molecule has 0 radical (unpaired) electrons. The standard InChI is InChI=1S/C31H44N2O5/c1-28(2,3)27-33(24(34)19-13-11-10-12-14-19)22(26(36)37-27)18-21(25(35)38-29(4,5)6)32-23-17-20-15-16-31(23,9)30(20,7)8/h10-14,20-22,27H,15-18H2,1-9H3/t20?,21-,22-,27+,31?/m1/s1. The molecule has 208 valence electrons. The van der Waals surface area contributed by atoms with Crippen molar-refractivity contribution in [2.75, 3.05) is 0 Å². The summed E-state index contributed by atoms with van der Waals surface area (Å²) in [5, 5.41) is 0. The highest BCUT2D eigenvalue weighted by Crippen LogP contribution is 2.64. The third kappa shape index (κ3) is 5.01. The molecule has 1 aromatic rings. The molecule has 7 heteroatoms. The van der Waals surface area contributed by atoms with E-state index in [4.69, 9.17) is 14.5 Å². The van der Waals surface area contributed by atoms with Crippen LogP contribution in [0.5, 0.6) is 0 Å². The summed E-state index contributed by atoms with van der Waals surface area (Å²) >= 11 is 0. The molecule has 1 aromatic carbocycles. The molecule has 2 bridgehead atoms. The molecule has 7 nitrogen and oxygen atoms in total. The van der Waals surface area contributed by atoms with E-state index >= 15 is 0 Å². The van der Waals surface area contributed by atoms with E-state index in [9.17, 15) is 14.4 Å². The van der Waals surface area contributed by atoms with Crippen LogP contribution in [0, 0.1) is 22.2 Å². The van der Waals surface area contributed by atoms with E-state index in [1.54, 1.807) is 24.3 Å². The second kappa shape index (κ2) is 9.49. The third-order valence-electron chi connectivity index (χ3n) is 9.03. The van der Waals surface area contributed by atoms with Crippen molar-refractivity contribution in [1.82, 2.24) is 4.90 Å². The Morgan fingerprint density at radius 2 is 1.74 bits per heavy atom. The molecule has 0 spiro atoms. The number of fused-ring (bicyclic) bond motifs is 2. The van der Waals surface area contributed by atoms with Crippen molar-refractivity contribution in [3.05, 3.63) is 35.9 Å². The van der Waals surface area contributed by atoms with Gasteiger partial charge in [0, 0.05) is 28.5 Å². The highest BCUT2D eigenvalue weighted by molar-refractivity contribution is 5.99. The monoisotopic (exact) mass is 524 g/mol. The van der Waals surface area contributed by atoms with Crippen LogP contribution < -0.4 is 0 Å². The number of aliphatic imine (C=N–C) groups is 1. The minimum atomic E-state index is -0.951. The summed E-state index contributed by atoms with van der Waals surface area (Å²) < 4.78 is 11.6. The molecule has 0 aromatic heterocycles. The fourth-order valence-electron chi connectivity index (χ4n) is 6.40. The molecule has 4 rings (SSSR count). The molecular weight excluding hydrogens is 480 g/mol. The summed E-state index contributed by atoms with van der Waals surface area (Å²) in [5.74, 6) is -0.774. The van der Waals surface area contributed by atoms with Crippen LogP contribution >= 0.6 is 0 Å². The second-order valence-electron chi connectivity index (χ2n) is 14.1. The number of rotatable bonds is 5. The van der Waals surface area contributed by atoms with E-state index in [-0.39, 0.29) is 23.2 Å². The molecule has 3 aliphatic rings. The quantitative estimate of drug-likeness (QED) is 0.454. The lowest BCUT2D eigenvalue weighted by Gasteiger charge is -2.36. The first kappa shape index (κ1) is 28.3. The zero-order valence-electron chi connectivity index (χ0n) is 24.5. The van der Waals surface area contributed by atoms with Gasteiger partial charge in [-0.25, -0.2) is 9.59 Å². The van der Waals surface area contributed by atoms with Crippen LogP contribution in [-0.4, -0.2) is 52.4 Å². The number of carbonyl (C=O) groups is 3. The van der Waals surface area contributed by atoms with E-state index in [0.717, 1.165) is 25.0 Å². The van der Waals surface area contributed by atoms with Gasteiger partial charge in [0.2, 0.25) is 0 Å². The maximum absolute atomic E-state index is 13.8. The summed E-state index contributed by atoms with van der Waals surface area (Å²) in [6, 6.07) is 7.01. The van der Waals surface area contributed by atoms with Gasteiger partial charge >= 0.3 is 11.9 Å². The van der Waals surface area contributed by atoms with Crippen molar-refractivity contribution < 1.29 is 23.9 Å². The lowest BCUT2D eigenvalue weighted by Crippen LogP contribution is -2.49. The van der Waals surface area contributed by atoms with Gasteiger partial charge < -0.3 is 9.47 Å². The van der Waals surface area contributed by atoms with E-state index in [1.165, 1.54) is 4.90 Å². The van der Waals surface area contributed by atoms with Crippen LogP contribution in [0.4, 0.5) is 0 Å². The number of nitrogens with zero attached hydrogens (tertiary/aromatic N) is 2. The molecule has 5 atom stereocenters. The molecule has 1 aliphatic heterocycles. The Kier molecular flexibility index (Phi) is 7.07. The fourth-order valence-corrected chi connectivity index (χ4v) is 6.40. The maximum Gasteiger partial charge on any atom is 0.331 e. The average Bonchev–Trinajstić information content (AvgIpc) is 3.32. The molecule has 2 aliphatic carbocycles. The van der Waals surface area contributed by atoms with Crippen LogP contribution in [0.3, 0.4) is 0 Å². The number of carbonyl (C=O) groups excluding carboxylic acids is 3. The Balaban J connectivity index is 1.73. The fraction of sp³-hybridized carbons (Fsp3) is 0.677. The highest BCUT2D eigenvalue weighted by Gasteiger charge is 2.60. The maximum atomic E-state index is 13.8. The largest absolute Gasteiger partial charge is 0.458 e. The predicted molar refractivity (Wildman–Crippen MR) is 147 cm³/mol. The summed E-state index contributed by atoms with van der Waals surface area (Å²) in [6.45, 7) is 18.1. The summed E-state index contributed by atoms with van der Waals surface area (Å²) in [4.78, 5) is 47.2. The zero-order valence-corrected chi connectivity index (χ0v) is 24.5. The van der Waals surface area contributed by atoms with Gasteiger partial charge in [-0.2, -0.15) is 0 Å². The molecule has 1 heterocycles. The molecule has 1 saturated heterocycles. The van der Waals surface area contributed by atoms with Gasteiger partial charge in [0.05, 0.1) is 0 Å². The molecular formula is C31H44N2O5. The smallest absolute Gasteiger partial charge is 0.331 e. The molecule has 0 N–H and O–H groups in total. The number of esters is 2. The Hall–Kier alpha value is -2.70. The van der Waals surface area contributed by atoms with E-state index < -0.39 is 41.3 Å². The number of ether oxygens (including phenoxy) is 2. The minimum absolute atomic E-state index is 0.0174. The van der Waals surface area contributed by atoms with Crippen molar-refractivity contribution in [1.29, 1.82) is 0 Å². The third-order valence-corrected chi connectivity index (χ3v) is 9.03. The lowest BCUT2D eigenvalue weighted by molar-refractivity contribution is -0.156. The molecule has 2 saturated carbocycles. The van der Waals surface area contributed by atoms with Crippen molar-refractivity contribution in [3.63, 3.8) is 0 Å². The van der Waals surface area contributed by atoms with Crippen LogP contribution in [0.15, 0.2) is 35.3 Å². The van der Waals surface area contributed by atoms with Gasteiger partial charge in [0.25, 0.3) is 5.91 Å². The van der Waals surface area contributed by atoms with Gasteiger partial charge in [0.15, 0.2) is 6.23 Å². The lowest BCUT2D eigenvalue weighted by atomic mass is 9.70. The highest BCUT2D eigenvalue weighted by atomic mass is 16.6. The minimum Gasteiger partial charge on any atom is -0.458 e. The van der Waals surface area contributed by atoms with Gasteiger partial charge in [-0.1, -0.05) is 59.7 Å². The van der Waals surface area contributed by atoms with Crippen molar-refractivity contribution in [3.8, 4) is 0 Å². The number of cyclic esters (lactones) is 1. The van der Waals surface area contributed by atoms with Crippen LogP contribution in [0.2, 0.25) is 0 Å². The van der Waals surface area contributed by atoms with E-state index in [2.05, 4.69) is 20.8 Å². The Labute approximate surface area is 227 Å². The molecule has 3 fully saturated rings. The summed E-state index contributed by atoms with van der Waals surface area (Å²) in [5.41, 5.74) is 0.230. The van der Waals surface area contributed by atoms with Crippen molar-refractivity contribution >= 4 is 23.6 Å².